The molecule has 0 spiro atoms. The molecule has 70 valence electrons. The van der Waals surface area contributed by atoms with Gasteiger partial charge in [0.1, 0.15) is 11.8 Å². The number of nitriles is 1. The predicted molar refractivity (Wildman–Crippen MR) is 57.8 cm³/mol. The Morgan fingerprint density at radius 2 is 2.29 bits per heavy atom. The monoisotopic (exact) mass is 249 g/mol. The summed E-state index contributed by atoms with van der Waals surface area (Å²) in [5.74, 6) is 3.11. The fraction of sp³-hybridized carbons (Fsp3) is 0.182. The largest absolute Gasteiger partial charge is 0.478 e. The zero-order valence-corrected chi connectivity index (χ0v) is 9.21. The number of hydrogen-bond donors (Lipinski definition) is 0. The second kappa shape index (κ2) is 4.69. The maximum Gasteiger partial charge on any atom is 0.156 e. The topological polar surface area (TPSA) is 33.0 Å². The highest BCUT2D eigenvalue weighted by Crippen LogP contribution is 2.22. The van der Waals surface area contributed by atoms with Crippen molar-refractivity contribution >= 4 is 15.9 Å². The van der Waals surface area contributed by atoms with Crippen LogP contribution in [0.5, 0.6) is 5.75 Å². The molecule has 1 aromatic rings. The summed E-state index contributed by atoms with van der Waals surface area (Å²) in [5, 5.41) is 8.68. The maximum absolute atomic E-state index is 8.68. The molecule has 0 saturated carbocycles. The number of hydrogen-bond acceptors (Lipinski definition) is 2. The fourth-order valence-electron chi connectivity index (χ4n) is 0.898. The van der Waals surface area contributed by atoms with Crippen molar-refractivity contribution in [3.8, 4) is 24.2 Å². The van der Waals surface area contributed by atoms with Crippen molar-refractivity contribution in [2.45, 2.75) is 13.0 Å². The molecule has 1 rings (SSSR count). The third-order valence-electron chi connectivity index (χ3n) is 1.61. The second-order valence-electron chi connectivity index (χ2n) is 2.68. The molecule has 2 nitrogen and oxygen atoms in total. The van der Waals surface area contributed by atoms with E-state index in [0.29, 0.717) is 15.8 Å². The van der Waals surface area contributed by atoms with E-state index in [4.69, 9.17) is 16.4 Å². The van der Waals surface area contributed by atoms with Crippen LogP contribution in [0.1, 0.15) is 12.5 Å². The molecule has 0 saturated heterocycles. The Kier molecular flexibility index (Phi) is 3.56. The first kappa shape index (κ1) is 10.6. The van der Waals surface area contributed by atoms with Crippen LogP contribution in [0, 0.1) is 23.7 Å². The summed E-state index contributed by atoms with van der Waals surface area (Å²) in [6.07, 6.45) is 4.91. The minimum atomic E-state index is -0.269. The van der Waals surface area contributed by atoms with Gasteiger partial charge in [-0.05, 0) is 41.1 Å². The van der Waals surface area contributed by atoms with Gasteiger partial charge in [-0.1, -0.05) is 5.92 Å². The number of terminal acetylenes is 1. The van der Waals surface area contributed by atoms with Gasteiger partial charge in [-0.25, -0.2) is 0 Å². The molecule has 0 heterocycles. The van der Waals surface area contributed by atoms with Gasteiger partial charge in [0, 0.05) is 4.47 Å². The molecule has 0 fully saturated rings. The molecule has 1 atom stereocenters. The van der Waals surface area contributed by atoms with E-state index < -0.39 is 0 Å². The Morgan fingerprint density at radius 1 is 1.57 bits per heavy atom. The molecule has 0 aliphatic carbocycles. The van der Waals surface area contributed by atoms with Crippen molar-refractivity contribution in [1.82, 2.24) is 0 Å². The molecule has 14 heavy (non-hydrogen) atoms. The third-order valence-corrected chi connectivity index (χ3v) is 2.26. The predicted octanol–water partition coefficient (Wildman–Crippen LogP) is 2.72. The van der Waals surface area contributed by atoms with E-state index in [0.717, 1.165) is 0 Å². The Balaban J connectivity index is 2.89. The summed E-state index contributed by atoms with van der Waals surface area (Å²) in [6, 6.07) is 7.18. The normalized spacial score (nSPS) is 11.1. The molecular weight excluding hydrogens is 242 g/mol. The number of nitrogens with zero attached hydrogens (tertiary/aromatic N) is 1. The smallest absolute Gasteiger partial charge is 0.156 e. The molecule has 0 aliphatic heterocycles. The number of halogens is 1. The van der Waals surface area contributed by atoms with Gasteiger partial charge in [0.25, 0.3) is 0 Å². The van der Waals surface area contributed by atoms with Gasteiger partial charge in [-0.3, -0.25) is 0 Å². The van der Waals surface area contributed by atoms with Gasteiger partial charge in [-0.2, -0.15) is 5.26 Å². The molecule has 3 heteroatoms. The first-order chi connectivity index (χ1) is 6.67. The lowest BCUT2D eigenvalue weighted by atomic mass is 10.2. The van der Waals surface area contributed by atoms with Gasteiger partial charge in [0.15, 0.2) is 6.10 Å². The first-order valence-electron chi connectivity index (χ1n) is 4.00. The molecule has 1 unspecified atom stereocenters. The minimum absolute atomic E-state index is 0.269. The van der Waals surface area contributed by atoms with Crippen LogP contribution in [-0.4, -0.2) is 6.10 Å². The van der Waals surface area contributed by atoms with E-state index in [1.807, 2.05) is 6.07 Å². The van der Waals surface area contributed by atoms with Crippen molar-refractivity contribution in [3.05, 3.63) is 28.2 Å². The van der Waals surface area contributed by atoms with E-state index in [9.17, 15) is 0 Å². The van der Waals surface area contributed by atoms with E-state index >= 15 is 0 Å². The van der Waals surface area contributed by atoms with Gasteiger partial charge in [0.2, 0.25) is 0 Å². The van der Waals surface area contributed by atoms with Crippen LogP contribution in [0.2, 0.25) is 0 Å². The number of benzene rings is 1. The highest BCUT2D eigenvalue weighted by Gasteiger charge is 2.03. The summed E-state index contributed by atoms with van der Waals surface area (Å²) in [5.41, 5.74) is 0.575. The van der Waals surface area contributed by atoms with Crippen molar-refractivity contribution in [2.75, 3.05) is 0 Å². The summed E-state index contributed by atoms with van der Waals surface area (Å²) in [6.45, 7) is 1.78. The van der Waals surface area contributed by atoms with Crippen LogP contribution in [-0.2, 0) is 0 Å². The van der Waals surface area contributed by atoms with Gasteiger partial charge in [-0.15, -0.1) is 6.42 Å². The number of ether oxygens (including phenoxy) is 1. The first-order valence-corrected chi connectivity index (χ1v) is 4.79. The molecule has 0 aromatic heterocycles. The lowest BCUT2D eigenvalue weighted by Gasteiger charge is -2.09. The molecular formula is C11H8BrNO. The van der Waals surface area contributed by atoms with Crippen LogP contribution < -0.4 is 4.74 Å². The van der Waals surface area contributed by atoms with E-state index in [1.165, 1.54) is 0 Å². The summed E-state index contributed by atoms with van der Waals surface area (Å²) in [7, 11) is 0. The number of rotatable bonds is 2. The summed E-state index contributed by atoms with van der Waals surface area (Å²) in [4.78, 5) is 0. The Labute approximate surface area is 91.6 Å². The fourth-order valence-corrected chi connectivity index (χ4v) is 1.34. The van der Waals surface area contributed by atoms with Crippen LogP contribution in [0.25, 0.3) is 0 Å². The van der Waals surface area contributed by atoms with Crippen molar-refractivity contribution in [3.63, 3.8) is 0 Å². The van der Waals surface area contributed by atoms with Gasteiger partial charge >= 0.3 is 0 Å². The summed E-state index contributed by atoms with van der Waals surface area (Å²) < 4.78 is 6.08. The van der Waals surface area contributed by atoms with Crippen molar-refractivity contribution < 1.29 is 4.74 Å². The van der Waals surface area contributed by atoms with Crippen LogP contribution >= 0.6 is 15.9 Å². The Morgan fingerprint density at radius 3 is 2.79 bits per heavy atom. The van der Waals surface area contributed by atoms with Crippen LogP contribution in [0.15, 0.2) is 22.7 Å². The lowest BCUT2D eigenvalue weighted by Crippen LogP contribution is -2.07. The SMILES string of the molecule is C#CC(C)Oc1ccc(C#N)c(Br)c1. The van der Waals surface area contributed by atoms with E-state index in [1.54, 1.807) is 25.1 Å². The lowest BCUT2D eigenvalue weighted by molar-refractivity contribution is 0.279. The highest BCUT2D eigenvalue weighted by atomic mass is 79.9. The zero-order chi connectivity index (χ0) is 10.6. The molecule has 1 aromatic carbocycles. The van der Waals surface area contributed by atoms with E-state index in [-0.39, 0.29) is 6.10 Å². The van der Waals surface area contributed by atoms with Gasteiger partial charge in [0.05, 0.1) is 5.56 Å². The molecule has 0 radical (unpaired) electrons. The minimum Gasteiger partial charge on any atom is -0.478 e. The molecule has 0 amide bonds. The zero-order valence-electron chi connectivity index (χ0n) is 7.62. The van der Waals surface area contributed by atoms with Crippen molar-refractivity contribution in [2.24, 2.45) is 0 Å². The standard InChI is InChI=1S/C11H8BrNO/c1-3-8(2)14-10-5-4-9(7-13)11(12)6-10/h1,4-6,8H,2H3. The highest BCUT2D eigenvalue weighted by molar-refractivity contribution is 9.10. The van der Waals surface area contributed by atoms with E-state index in [2.05, 4.69) is 21.9 Å². The third kappa shape index (κ3) is 2.52. The maximum atomic E-state index is 8.68. The Hall–Kier alpha value is -1.45. The molecule has 0 N–H and O–H groups in total. The van der Waals surface area contributed by atoms with Crippen molar-refractivity contribution in [1.29, 1.82) is 5.26 Å². The summed E-state index contributed by atoms with van der Waals surface area (Å²) >= 11 is 3.26. The average molecular weight is 250 g/mol. The van der Waals surface area contributed by atoms with Crippen LogP contribution in [0.3, 0.4) is 0 Å². The second-order valence-corrected chi connectivity index (χ2v) is 3.53. The molecule has 0 aliphatic rings. The van der Waals surface area contributed by atoms with Gasteiger partial charge < -0.3 is 4.74 Å². The van der Waals surface area contributed by atoms with Crippen LogP contribution in [0.4, 0.5) is 0 Å². The molecule has 0 bridgehead atoms. The quantitative estimate of drug-likeness (QED) is 0.756. The average Bonchev–Trinajstić information content (AvgIpc) is 2.18. The Bertz CT molecular complexity index is 414.